The first-order valence-electron chi connectivity index (χ1n) is 17.2. The fourth-order valence-electron chi connectivity index (χ4n) is 6.48. The number of likely N-dealkylation sites (tertiary alicyclic amines) is 1. The van der Waals surface area contributed by atoms with E-state index < -0.39 is 34.7 Å². The summed E-state index contributed by atoms with van der Waals surface area (Å²) in [5.74, 6) is -1.71. The van der Waals surface area contributed by atoms with Crippen molar-refractivity contribution in [2.24, 2.45) is 11.3 Å². The second kappa shape index (κ2) is 16.4. The first kappa shape index (κ1) is 38.9. The topological polar surface area (TPSA) is 92.1 Å². The van der Waals surface area contributed by atoms with Gasteiger partial charge in [0.05, 0.1) is 12.5 Å². The van der Waals surface area contributed by atoms with Gasteiger partial charge in [-0.05, 0) is 68.4 Å². The molecule has 50 heavy (non-hydrogen) atoms. The molecule has 4 rings (SSSR count). The van der Waals surface area contributed by atoms with Crippen molar-refractivity contribution in [2.45, 2.75) is 91.2 Å². The maximum atomic E-state index is 15.2. The van der Waals surface area contributed by atoms with E-state index in [1.165, 1.54) is 17.8 Å². The van der Waals surface area contributed by atoms with Gasteiger partial charge in [-0.3, -0.25) is 9.59 Å². The predicted octanol–water partition coefficient (Wildman–Crippen LogP) is 8.64. The summed E-state index contributed by atoms with van der Waals surface area (Å²) in [5, 5.41) is 9.00. The first-order valence-corrected chi connectivity index (χ1v) is 18.3. The third kappa shape index (κ3) is 10.8. The van der Waals surface area contributed by atoms with Gasteiger partial charge >= 0.3 is 12.1 Å². The number of hydrogen-bond donors (Lipinski definition) is 1. The van der Waals surface area contributed by atoms with E-state index in [-0.39, 0.29) is 41.6 Å². The first-order chi connectivity index (χ1) is 23.4. The van der Waals surface area contributed by atoms with E-state index >= 15 is 4.39 Å². The molecule has 8 nitrogen and oxygen atoms in total. The number of carboxylic acid groups (broad SMARTS) is 1. The number of amides is 2. The molecule has 2 unspecified atom stereocenters. The average molecular weight is 712 g/mol. The fourth-order valence-corrected chi connectivity index (χ4v) is 7.44. The van der Waals surface area contributed by atoms with Crippen molar-refractivity contribution >= 4 is 29.7 Å². The van der Waals surface area contributed by atoms with Crippen molar-refractivity contribution in [2.75, 3.05) is 25.4 Å². The Morgan fingerprint density at radius 1 is 1.04 bits per heavy atom. The zero-order valence-corrected chi connectivity index (χ0v) is 31.1. The summed E-state index contributed by atoms with van der Waals surface area (Å²) in [6.45, 7) is 15.4. The standard InChI is InChI=1S/C39H51F2N3O5S/c1-26(50-18-16-35(46)47)19-34(45)44(24-28-15-17-42(23-28)37(48)49-39(5,6)7)36(38(2,3)4)33-20-29(31-21-30(40)13-14-32(31)41)25-43(33)22-27-11-9-8-10-12-27/h8-14,20-21,25-26,28,36H,15-19,22-24H2,1-7H3,(H,46,47)/t26?,28?,36-/m0/s1. The number of aliphatic carboxylic acids is 1. The van der Waals surface area contributed by atoms with Gasteiger partial charge < -0.3 is 24.2 Å². The minimum Gasteiger partial charge on any atom is -0.481 e. The van der Waals surface area contributed by atoms with Crippen LogP contribution in [0.15, 0.2) is 60.8 Å². The SMILES string of the molecule is CC(CC(=O)N(CC1CCN(C(=O)OC(C)(C)C)C1)[C@@H](c1cc(-c2cc(F)ccc2F)cn1Cc1ccccc1)C(C)(C)C)SCCC(=O)O. The highest BCUT2D eigenvalue weighted by molar-refractivity contribution is 7.99. The van der Waals surface area contributed by atoms with Gasteiger partial charge in [-0.1, -0.05) is 58.0 Å². The zero-order chi connectivity index (χ0) is 36.8. The fraction of sp³-hybridized carbons (Fsp3) is 0.513. The van der Waals surface area contributed by atoms with Crippen LogP contribution in [0.25, 0.3) is 11.1 Å². The number of nitrogens with zero attached hydrogens (tertiary/aromatic N) is 3. The van der Waals surface area contributed by atoms with E-state index in [1.807, 2.05) is 79.8 Å². The Kier molecular flexibility index (Phi) is 12.8. The molecule has 1 aliphatic rings. The summed E-state index contributed by atoms with van der Waals surface area (Å²) in [4.78, 5) is 42.2. The van der Waals surface area contributed by atoms with Crippen molar-refractivity contribution in [1.29, 1.82) is 0 Å². The molecule has 11 heteroatoms. The van der Waals surface area contributed by atoms with Crippen molar-refractivity contribution in [3.63, 3.8) is 0 Å². The van der Waals surface area contributed by atoms with Gasteiger partial charge in [-0.25, -0.2) is 13.6 Å². The van der Waals surface area contributed by atoms with Gasteiger partial charge in [0.15, 0.2) is 0 Å². The van der Waals surface area contributed by atoms with Crippen LogP contribution < -0.4 is 0 Å². The molecule has 0 spiro atoms. The molecule has 0 bridgehead atoms. The lowest BCUT2D eigenvalue weighted by molar-refractivity contribution is -0.137. The summed E-state index contributed by atoms with van der Waals surface area (Å²) < 4.78 is 37.3. The number of hydrogen-bond acceptors (Lipinski definition) is 5. The normalized spacial score (nSPS) is 16.3. The number of benzene rings is 2. The Balaban J connectivity index is 1.77. The molecular formula is C39H51F2N3O5S. The lowest BCUT2D eigenvalue weighted by Gasteiger charge is -2.42. The second-order valence-electron chi connectivity index (χ2n) is 15.3. The number of aromatic nitrogens is 1. The number of thioether (sulfide) groups is 1. The van der Waals surface area contributed by atoms with E-state index in [2.05, 4.69) is 20.8 Å². The number of carbonyl (C=O) groups excluding carboxylic acids is 2. The second-order valence-corrected chi connectivity index (χ2v) is 16.9. The molecule has 1 aliphatic heterocycles. The van der Waals surface area contributed by atoms with E-state index in [0.717, 1.165) is 23.4 Å². The molecule has 1 aromatic heterocycles. The van der Waals surface area contributed by atoms with Crippen LogP contribution in [0.2, 0.25) is 0 Å². The van der Waals surface area contributed by atoms with E-state index in [0.29, 0.717) is 43.9 Å². The zero-order valence-electron chi connectivity index (χ0n) is 30.2. The molecule has 3 atom stereocenters. The van der Waals surface area contributed by atoms with Crippen LogP contribution in [0.3, 0.4) is 0 Å². The molecule has 1 saturated heterocycles. The maximum Gasteiger partial charge on any atom is 0.410 e. The molecule has 2 amide bonds. The highest BCUT2D eigenvalue weighted by Crippen LogP contribution is 2.42. The maximum absolute atomic E-state index is 15.2. The van der Waals surface area contributed by atoms with Gasteiger partial charge in [0.1, 0.15) is 17.2 Å². The number of ether oxygens (including phenoxy) is 1. The van der Waals surface area contributed by atoms with Crippen LogP contribution >= 0.6 is 11.8 Å². The quantitative estimate of drug-likeness (QED) is 0.191. The molecule has 1 N–H and O–H groups in total. The van der Waals surface area contributed by atoms with Gasteiger partial charge in [0.2, 0.25) is 5.91 Å². The Hall–Kier alpha value is -3.86. The molecular weight excluding hydrogens is 661 g/mol. The monoisotopic (exact) mass is 711 g/mol. The van der Waals surface area contributed by atoms with Crippen molar-refractivity contribution in [1.82, 2.24) is 14.4 Å². The molecule has 0 radical (unpaired) electrons. The third-order valence-corrected chi connectivity index (χ3v) is 9.85. The minimum atomic E-state index is -0.883. The largest absolute Gasteiger partial charge is 0.481 e. The lowest BCUT2D eigenvalue weighted by Crippen LogP contribution is -2.45. The summed E-state index contributed by atoms with van der Waals surface area (Å²) >= 11 is 1.45. The average Bonchev–Trinajstić information content (AvgIpc) is 3.64. The van der Waals surface area contributed by atoms with E-state index in [9.17, 15) is 18.8 Å². The number of carbonyl (C=O) groups is 3. The Morgan fingerprint density at radius 2 is 1.74 bits per heavy atom. The summed E-state index contributed by atoms with van der Waals surface area (Å²) in [6.07, 6.45) is 2.32. The molecule has 2 heterocycles. The van der Waals surface area contributed by atoms with Crippen LogP contribution in [0.5, 0.6) is 0 Å². The van der Waals surface area contributed by atoms with Crippen LogP contribution in [-0.4, -0.2) is 73.7 Å². The van der Waals surface area contributed by atoms with Crippen LogP contribution in [0.1, 0.15) is 85.0 Å². The Morgan fingerprint density at radius 3 is 2.38 bits per heavy atom. The van der Waals surface area contributed by atoms with Crippen LogP contribution in [-0.2, 0) is 20.9 Å². The van der Waals surface area contributed by atoms with Crippen LogP contribution in [0.4, 0.5) is 13.6 Å². The molecule has 0 saturated carbocycles. The Bertz CT molecular complexity index is 1630. The third-order valence-electron chi connectivity index (χ3n) is 8.67. The molecule has 0 aliphatic carbocycles. The van der Waals surface area contributed by atoms with E-state index in [4.69, 9.17) is 9.84 Å². The summed E-state index contributed by atoms with van der Waals surface area (Å²) in [6, 6.07) is 14.6. The van der Waals surface area contributed by atoms with Crippen molar-refractivity contribution in [3.8, 4) is 11.1 Å². The molecule has 1 fully saturated rings. The van der Waals surface area contributed by atoms with Gasteiger partial charge in [-0.15, -0.1) is 0 Å². The minimum absolute atomic E-state index is 0.00647. The van der Waals surface area contributed by atoms with Crippen LogP contribution in [0, 0.1) is 23.0 Å². The highest BCUT2D eigenvalue weighted by Gasteiger charge is 2.40. The molecule has 272 valence electrons. The van der Waals surface area contributed by atoms with E-state index in [1.54, 1.807) is 4.90 Å². The van der Waals surface area contributed by atoms with Crippen molar-refractivity contribution in [3.05, 3.63) is 83.7 Å². The van der Waals surface area contributed by atoms with Gasteiger partial charge in [0.25, 0.3) is 0 Å². The predicted molar refractivity (Wildman–Crippen MR) is 194 cm³/mol. The summed E-state index contributed by atoms with van der Waals surface area (Å²) in [7, 11) is 0. The Labute approximate surface area is 299 Å². The highest BCUT2D eigenvalue weighted by atomic mass is 32.2. The van der Waals surface area contributed by atoms with Crippen molar-refractivity contribution < 1.29 is 33.0 Å². The smallest absolute Gasteiger partial charge is 0.410 e. The number of carboxylic acids is 1. The lowest BCUT2D eigenvalue weighted by atomic mass is 9.82. The number of rotatable bonds is 13. The molecule has 2 aromatic carbocycles. The van der Waals surface area contributed by atoms with Gasteiger partial charge in [-0.2, -0.15) is 11.8 Å². The number of halogens is 2. The molecule has 3 aromatic rings. The summed E-state index contributed by atoms with van der Waals surface area (Å²) in [5.41, 5.74) is 1.28. The van der Waals surface area contributed by atoms with Gasteiger partial charge in [0, 0.05) is 66.6 Å².